The first kappa shape index (κ1) is 16.4. The Labute approximate surface area is 140 Å². The number of aromatic nitrogens is 4. The SMILES string of the molecule is Cc1ccc(CN(C)C(=O)Cn2nc3n(c2=O)CCCCC3)nc1. The smallest absolute Gasteiger partial charge is 0.338 e. The summed E-state index contributed by atoms with van der Waals surface area (Å²) in [6, 6.07) is 3.88. The van der Waals surface area contributed by atoms with Crippen molar-refractivity contribution in [2.24, 2.45) is 0 Å². The molecule has 2 aromatic rings. The fourth-order valence-corrected chi connectivity index (χ4v) is 2.90. The lowest BCUT2D eigenvalue weighted by Gasteiger charge is -2.16. The maximum absolute atomic E-state index is 12.4. The third-order valence-corrected chi connectivity index (χ3v) is 4.36. The molecule has 0 fully saturated rings. The number of nitrogens with zero attached hydrogens (tertiary/aromatic N) is 5. The summed E-state index contributed by atoms with van der Waals surface area (Å²) in [6.45, 7) is 3.06. The molecule has 0 atom stereocenters. The highest BCUT2D eigenvalue weighted by molar-refractivity contribution is 5.75. The van der Waals surface area contributed by atoms with Crippen molar-refractivity contribution in [2.75, 3.05) is 7.05 Å². The largest absolute Gasteiger partial charge is 0.346 e. The summed E-state index contributed by atoms with van der Waals surface area (Å²) >= 11 is 0. The summed E-state index contributed by atoms with van der Waals surface area (Å²) in [5, 5.41) is 4.36. The van der Waals surface area contributed by atoms with E-state index in [0.29, 0.717) is 13.1 Å². The van der Waals surface area contributed by atoms with Crippen LogP contribution in [0.1, 0.15) is 36.3 Å². The van der Waals surface area contributed by atoms with Gasteiger partial charge in [0, 0.05) is 26.2 Å². The molecule has 1 aliphatic heterocycles. The highest BCUT2D eigenvalue weighted by Gasteiger charge is 2.18. The van der Waals surface area contributed by atoms with Gasteiger partial charge in [-0.15, -0.1) is 0 Å². The molecule has 128 valence electrons. The van der Waals surface area contributed by atoms with Crippen LogP contribution in [-0.2, 0) is 30.8 Å². The second kappa shape index (κ2) is 6.98. The average molecular weight is 329 g/mol. The average Bonchev–Trinajstić information content (AvgIpc) is 2.74. The molecule has 0 spiro atoms. The fraction of sp³-hybridized carbons (Fsp3) is 0.529. The molecule has 1 amide bonds. The van der Waals surface area contributed by atoms with Gasteiger partial charge in [-0.2, -0.15) is 5.10 Å². The van der Waals surface area contributed by atoms with Crippen LogP contribution in [0.25, 0.3) is 0 Å². The standard InChI is InChI=1S/C17H23N5O2/c1-13-7-8-14(18-10-13)11-20(2)16(23)12-22-17(24)21-9-5-3-4-6-15(21)19-22/h7-8,10H,3-6,9,11-12H2,1-2H3. The first-order chi connectivity index (χ1) is 11.5. The zero-order chi connectivity index (χ0) is 17.1. The van der Waals surface area contributed by atoms with Gasteiger partial charge in [-0.1, -0.05) is 12.5 Å². The quantitative estimate of drug-likeness (QED) is 0.843. The first-order valence-electron chi connectivity index (χ1n) is 8.36. The van der Waals surface area contributed by atoms with Crippen LogP contribution in [0.5, 0.6) is 0 Å². The Morgan fingerprint density at radius 1 is 1.29 bits per heavy atom. The highest BCUT2D eigenvalue weighted by Crippen LogP contribution is 2.10. The van der Waals surface area contributed by atoms with Crippen molar-refractivity contribution in [3.8, 4) is 0 Å². The highest BCUT2D eigenvalue weighted by atomic mass is 16.2. The van der Waals surface area contributed by atoms with E-state index in [2.05, 4.69) is 10.1 Å². The second-order valence-electron chi connectivity index (χ2n) is 6.40. The summed E-state index contributed by atoms with van der Waals surface area (Å²) in [5.41, 5.74) is 1.73. The summed E-state index contributed by atoms with van der Waals surface area (Å²) in [4.78, 5) is 30.7. The molecule has 7 nitrogen and oxygen atoms in total. The minimum atomic E-state index is -0.179. The molecule has 7 heteroatoms. The molecule has 1 aliphatic rings. The summed E-state index contributed by atoms with van der Waals surface area (Å²) in [7, 11) is 1.72. The van der Waals surface area contributed by atoms with Crippen LogP contribution in [0.15, 0.2) is 23.1 Å². The topological polar surface area (TPSA) is 73.0 Å². The number of aryl methyl sites for hydroxylation is 2. The Bertz CT molecular complexity index is 775. The van der Waals surface area contributed by atoms with E-state index in [0.717, 1.165) is 42.8 Å². The van der Waals surface area contributed by atoms with Gasteiger partial charge in [0.25, 0.3) is 0 Å². The van der Waals surface area contributed by atoms with Crippen molar-refractivity contribution in [3.63, 3.8) is 0 Å². The Balaban J connectivity index is 1.68. The van der Waals surface area contributed by atoms with Crippen LogP contribution in [0.2, 0.25) is 0 Å². The predicted molar refractivity (Wildman–Crippen MR) is 89.5 cm³/mol. The molecule has 0 saturated carbocycles. The third-order valence-electron chi connectivity index (χ3n) is 4.36. The molecule has 24 heavy (non-hydrogen) atoms. The van der Waals surface area contributed by atoms with Gasteiger partial charge in [0.05, 0.1) is 12.2 Å². The number of hydrogen-bond acceptors (Lipinski definition) is 4. The Morgan fingerprint density at radius 2 is 2.12 bits per heavy atom. The summed E-state index contributed by atoms with van der Waals surface area (Å²) in [5.74, 6) is 0.654. The molecule has 3 rings (SSSR count). The van der Waals surface area contributed by atoms with E-state index in [1.165, 1.54) is 4.68 Å². The van der Waals surface area contributed by atoms with Gasteiger partial charge < -0.3 is 4.90 Å². The normalized spacial score (nSPS) is 14.1. The molecule has 0 saturated heterocycles. The van der Waals surface area contributed by atoms with Crippen molar-refractivity contribution in [1.82, 2.24) is 24.2 Å². The zero-order valence-corrected chi connectivity index (χ0v) is 14.2. The molecule has 0 aromatic carbocycles. The number of likely N-dealkylation sites (N-methyl/N-ethyl adjacent to an activating group) is 1. The van der Waals surface area contributed by atoms with Gasteiger partial charge in [-0.05, 0) is 31.4 Å². The van der Waals surface area contributed by atoms with Crippen LogP contribution >= 0.6 is 0 Å². The molecule has 0 bridgehead atoms. The maximum Gasteiger partial charge on any atom is 0.346 e. The van der Waals surface area contributed by atoms with E-state index in [-0.39, 0.29) is 18.1 Å². The Kier molecular flexibility index (Phi) is 4.78. The number of carbonyl (C=O) groups excluding carboxylic acids is 1. The number of rotatable bonds is 4. The van der Waals surface area contributed by atoms with Gasteiger partial charge in [-0.3, -0.25) is 14.3 Å². The van der Waals surface area contributed by atoms with Gasteiger partial charge in [0.2, 0.25) is 5.91 Å². The van der Waals surface area contributed by atoms with Gasteiger partial charge in [0.15, 0.2) is 0 Å². The number of amides is 1. The van der Waals surface area contributed by atoms with Crippen LogP contribution in [-0.4, -0.2) is 37.2 Å². The number of hydrogen-bond donors (Lipinski definition) is 0. The van der Waals surface area contributed by atoms with Gasteiger partial charge in [-0.25, -0.2) is 9.48 Å². The van der Waals surface area contributed by atoms with E-state index in [4.69, 9.17) is 0 Å². The van der Waals surface area contributed by atoms with Gasteiger partial charge >= 0.3 is 5.69 Å². The molecule has 2 aromatic heterocycles. The Morgan fingerprint density at radius 3 is 2.88 bits per heavy atom. The number of fused-ring (bicyclic) bond motifs is 1. The summed E-state index contributed by atoms with van der Waals surface area (Å²) < 4.78 is 3.00. The molecular formula is C17H23N5O2. The Hall–Kier alpha value is -2.44. The second-order valence-corrected chi connectivity index (χ2v) is 6.40. The molecule has 0 N–H and O–H groups in total. The van der Waals surface area contributed by atoms with E-state index in [9.17, 15) is 9.59 Å². The molecule has 0 radical (unpaired) electrons. The van der Waals surface area contributed by atoms with Crippen molar-refractivity contribution in [2.45, 2.75) is 52.2 Å². The molecule has 0 unspecified atom stereocenters. The zero-order valence-electron chi connectivity index (χ0n) is 14.2. The minimum Gasteiger partial charge on any atom is -0.338 e. The summed E-state index contributed by atoms with van der Waals surface area (Å²) in [6.07, 6.45) is 5.74. The van der Waals surface area contributed by atoms with E-state index >= 15 is 0 Å². The van der Waals surface area contributed by atoms with Crippen molar-refractivity contribution < 1.29 is 4.79 Å². The lowest BCUT2D eigenvalue weighted by atomic mass is 10.2. The van der Waals surface area contributed by atoms with Crippen molar-refractivity contribution >= 4 is 5.91 Å². The van der Waals surface area contributed by atoms with E-state index < -0.39 is 0 Å². The lowest BCUT2D eigenvalue weighted by molar-refractivity contribution is -0.131. The molecule has 3 heterocycles. The minimum absolute atomic E-state index is 0.0266. The lowest BCUT2D eigenvalue weighted by Crippen LogP contribution is -2.35. The van der Waals surface area contributed by atoms with Crippen LogP contribution in [0, 0.1) is 6.92 Å². The maximum atomic E-state index is 12.4. The number of carbonyl (C=O) groups is 1. The van der Waals surface area contributed by atoms with E-state index in [1.807, 2.05) is 19.1 Å². The predicted octanol–water partition coefficient (Wildman–Crippen LogP) is 1.13. The van der Waals surface area contributed by atoms with Crippen LogP contribution < -0.4 is 5.69 Å². The molecule has 0 aliphatic carbocycles. The van der Waals surface area contributed by atoms with Crippen LogP contribution in [0.4, 0.5) is 0 Å². The van der Waals surface area contributed by atoms with E-state index in [1.54, 1.807) is 22.7 Å². The monoisotopic (exact) mass is 329 g/mol. The first-order valence-corrected chi connectivity index (χ1v) is 8.36. The van der Waals surface area contributed by atoms with Crippen LogP contribution in [0.3, 0.4) is 0 Å². The van der Waals surface area contributed by atoms with Crippen molar-refractivity contribution in [3.05, 3.63) is 45.9 Å². The molecular weight excluding hydrogens is 306 g/mol. The van der Waals surface area contributed by atoms with Gasteiger partial charge in [0.1, 0.15) is 12.4 Å². The van der Waals surface area contributed by atoms with Crippen molar-refractivity contribution in [1.29, 1.82) is 0 Å². The fourth-order valence-electron chi connectivity index (χ4n) is 2.90. The number of pyridine rings is 1. The third kappa shape index (κ3) is 3.55.